The number of rotatable bonds is 6. The molecule has 0 aromatic heterocycles. The number of nitrogens with two attached hydrogens (primary N) is 1. The molecule has 0 saturated heterocycles. The predicted octanol–water partition coefficient (Wildman–Crippen LogP) is 1.83. The quantitative estimate of drug-likeness (QED) is 0.869. The third-order valence-corrected chi connectivity index (χ3v) is 5.94. The van der Waals surface area contributed by atoms with Crippen LogP contribution in [0.3, 0.4) is 0 Å². The minimum atomic E-state index is -3.18. The maximum atomic E-state index is 12.0. The highest BCUT2D eigenvalue weighted by molar-refractivity contribution is 7.91. The van der Waals surface area contributed by atoms with Gasteiger partial charge in [-0.1, -0.05) is 23.7 Å². The van der Waals surface area contributed by atoms with Gasteiger partial charge in [-0.25, -0.2) is 8.42 Å². The molecule has 20 heavy (non-hydrogen) atoms. The van der Waals surface area contributed by atoms with Crippen LogP contribution >= 0.6 is 11.6 Å². The van der Waals surface area contributed by atoms with Crippen molar-refractivity contribution in [2.75, 3.05) is 26.0 Å². The maximum Gasteiger partial charge on any atom is 0.151 e. The Kier molecular flexibility index (Phi) is 4.44. The van der Waals surface area contributed by atoms with E-state index in [1.54, 1.807) is 12.1 Å². The normalized spacial score (nSPS) is 29.4. The van der Waals surface area contributed by atoms with E-state index in [9.17, 15) is 8.42 Å². The molecule has 112 valence electrons. The molecule has 2 N–H and O–H groups in total. The molecular weight excluding hydrogens is 298 g/mol. The van der Waals surface area contributed by atoms with Gasteiger partial charge in [-0.15, -0.1) is 0 Å². The van der Waals surface area contributed by atoms with E-state index < -0.39 is 20.5 Å². The average molecular weight is 318 g/mol. The fourth-order valence-electron chi connectivity index (χ4n) is 3.07. The standard InChI is InChI=1S/C14H20ClNO3S/c1-3-19-9-14(8-16)12(13(14)20(2,17)18)10-4-6-11(15)7-5-10/h4-7,12-13H,3,8-9,16H2,1-2H3. The van der Waals surface area contributed by atoms with Gasteiger partial charge in [-0.05, 0) is 24.6 Å². The van der Waals surface area contributed by atoms with Crippen molar-refractivity contribution >= 4 is 21.4 Å². The first-order chi connectivity index (χ1) is 9.36. The molecule has 0 aliphatic heterocycles. The molecule has 1 aliphatic rings. The first-order valence-corrected chi connectivity index (χ1v) is 8.92. The van der Waals surface area contributed by atoms with Crippen LogP contribution in [0.25, 0.3) is 0 Å². The summed E-state index contributed by atoms with van der Waals surface area (Å²) in [5.74, 6) is -0.119. The fourth-order valence-corrected chi connectivity index (χ4v) is 5.20. The smallest absolute Gasteiger partial charge is 0.151 e. The number of hydrogen-bond donors (Lipinski definition) is 1. The van der Waals surface area contributed by atoms with Crippen molar-refractivity contribution in [2.45, 2.75) is 18.1 Å². The maximum absolute atomic E-state index is 12.0. The molecule has 0 radical (unpaired) electrons. The number of ether oxygens (including phenoxy) is 1. The van der Waals surface area contributed by atoms with Gasteiger partial charge in [0.2, 0.25) is 0 Å². The average Bonchev–Trinajstić information content (AvgIpc) is 3.07. The van der Waals surface area contributed by atoms with Crippen LogP contribution in [0.4, 0.5) is 0 Å². The van der Waals surface area contributed by atoms with Gasteiger partial charge in [-0.2, -0.15) is 0 Å². The summed E-state index contributed by atoms with van der Waals surface area (Å²) in [6.45, 7) is 3.09. The Morgan fingerprint density at radius 1 is 1.35 bits per heavy atom. The molecule has 0 spiro atoms. The largest absolute Gasteiger partial charge is 0.381 e. The van der Waals surface area contributed by atoms with Crippen LogP contribution in [0.2, 0.25) is 5.02 Å². The summed E-state index contributed by atoms with van der Waals surface area (Å²) in [7, 11) is -3.18. The van der Waals surface area contributed by atoms with Crippen molar-refractivity contribution in [1.82, 2.24) is 0 Å². The summed E-state index contributed by atoms with van der Waals surface area (Å²) < 4.78 is 29.6. The molecular formula is C14H20ClNO3S. The highest BCUT2D eigenvalue weighted by atomic mass is 35.5. The molecule has 1 fully saturated rings. The second kappa shape index (κ2) is 5.64. The molecule has 2 rings (SSSR count). The zero-order chi connectivity index (χ0) is 15.0. The summed E-state index contributed by atoms with van der Waals surface area (Å²) in [4.78, 5) is 0. The van der Waals surface area contributed by atoms with Crippen LogP contribution < -0.4 is 5.73 Å². The lowest BCUT2D eigenvalue weighted by Crippen LogP contribution is -2.28. The van der Waals surface area contributed by atoms with Gasteiger partial charge < -0.3 is 10.5 Å². The van der Waals surface area contributed by atoms with Gasteiger partial charge in [0.1, 0.15) is 0 Å². The van der Waals surface area contributed by atoms with Crippen LogP contribution in [0.15, 0.2) is 24.3 Å². The van der Waals surface area contributed by atoms with Crippen molar-refractivity contribution in [3.8, 4) is 0 Å². The molecule has 6 heteroatoms. The van der Waals surface area contributed by atoms with E-state index >= 15 is 0 Å². The lowest BCUT2D eigenvalue weighted by Gasteiger charge is -2.15. The van der Waals surface area contributed by atoms with Gasteiger partial charge in [-0.3, -0.25) is 0 Å². The predicted molar refractivity (Wildman–Crippen MR) is 80.8 cm³/mol. The van der Waals surface area contributed by atoms with Gasteiger partial charge in [0, 0.05) is 35.8 Å². The van der Waals surface area contributed by atoms with Crippen molar-refractivity contribution < 1.29 is 13.2 Å². The van der Waals surface area contributed by atoms with E-state index in [1.807, 2.05) is 19.1 Å². The summed E-state index contributed by atoms with van der Waals surface area (Å²) in [6.07, 6.45) is 1.27. The third-order valence-electron chi connectivity index (χ3n) is 4.02. The van der Waals surface area contributed by atoms with Crippen molar-refractivity contribution in [3.05, 3.63) is 34.9 Å². The SMILES string of the molecule is CCOCC1(CN)C(c2ccc(Cl)cc2)C1S(C)(=O)=O. The molecule has 3 unspecified atom stereocenters. The number of hydrogen-bond acceptors (Lipinski definition) is 4. The Morgan fingerprint density at radius 3 is 2.40 bits per heavy atom. The van der Waals surface area contributed by atoms with Crippen LogP contribution in [0.5, 0.6) is 0 Å². The molecule has 4 nitrogen and oxygen atoms in total. The number of halogens is 1. The highest BCUT2D eigenvalue weighted by Crippen LogP contribution is 2.62. The van der Waals surface area contributed by atoms with Gasteiger partial charge in [0.05, 0.1) is 11.9 Å². The summed E-state index contributed by atoms with van der Waals surface area (Å²) in [5, 5.41) is 0.154. The molecule has 0 amide bonds. The Balaban J connectivity index is 2.36. The van der Waals surface area contributed by atoms with Crippen molar-refractivity contribution in [3.63, 3.8) is 0 Å². The first-order valence-electron chi connectivity index (χ1n) is 6.59. The molecule has 1 saturated carbocycles. The van der Waals surface area contributed by atoms with Gasteiger partial charge in [0.15, 0.2) is 9.84 Å². The van der Waals surface area contributed by atoms with Crippen molar-refractivity contribution in [2.24, 2.45) is 11.1 Å². The van der Waals surface area contributed by atoms with E-state index in [4.69, 9.17) is 22.1 Å². The molecule has 3 atom stereocenters. The lowest BCUT2D eigenvalue weighted by molar-refractivity contribution is 0.101. The topological polar surface area (TPSA) is 69.4 Å². The first kappa shape index (κ1) is 15.8. The molecule has 0 heterocycles. The van der Waals surface area contributed by atoms with Crippen LogP contribution in [0, 0.1) is 5.41 Å². The van der Waals surface area contributed by atoms with E-state index in [1.165, 1.54) is 6.26 Å². The Bertz CT molecular complexity index is 573. The molecule has 1 aromatic rings. The van der Waals surface area contributed by atoms with E-state index in [2.05, 4.69) is 0 Å². The Morgan fingerprint density at radius 2 is 1.95 bits per heavy atom. The van der Waals surface area contributed by atoms with Crippen LogP contribution in [-0.4, -0.2) is 39.7 Å². The van der Waals surface area contributed by atoms with Gasteiger partial charge in [0.25, 0.3) is 0 Å². The second-order valence-electron chi connectivity index (χ2n) is 5.35. The molecule has 0 bridgehead atoms. The summed E-state index contributed by atoms with van der Waals surface area (Å²) in [5.41, 5.74) is 6.32. The minimum Gasteiger partial charge on any atom is -0.381 e. The lowest BCUT2D eigenvalue weighted by atomic mass is 10.00. The second-order valence-corrected chi connectivity index (χ2v) is 7.96. The van der Waals surface area contributed by atoms with Crippen LogP contribution in [-0.2, 0) is 14.6 Å². The number of benzene rings is 1. The van der Waals surface area contributed by atoms with E-state index in [-0.39, 0.29) is 12.5 Å². The monoisotopic (exact) mass is 317 g/mol. The number of sulfone groups is 1. The van der Waals surface area contributed by atoms with Crippen molar-refractivity contribution in [1.29, 1.82) is 0 Å². The summed E-state index contributed by atoms with van der Waals surface area (Å²) in [6, 6.07) is 7.29. The fraction of sp³-hybridized carbons (Fsp3) is 0.571. The molecule has 1 aliphatic carbocycles. The summed E-state index contributed by atoms with van der Waals surface area (Å²) >= 11 is 5.88. The minimum absolute atomic E-state index is 0.119. The Labute approximate surface area is 125 Å². The van der Waals surface area contributed by atoms with Crippen LogP contribution in [0.1, 0.15) is 18.4 Å². The zero-order valence-corrected chi connectivity index (χ0v) is 13.2. The zero-order valence-electron chi connectivity index (χ0n) is 11.7. The van der Waals surface area contributed by atoms with E-state index in [0.29, 0.717) is 18.2 Å². The highest BCUT2D eigenvalue weighted by Gasteiger charge is 2.69. The van der Waals surface area contributed by atoms with E-state index in [0.717, 1.165) is 5.56 Å². The Hall–Kier alpha value is -0.620. The third kappa shape index (κ3) is 2.72. The molecule has 1 aromatic carbocycles. The van der Waals surface area contributed by atoms with Gasteiger partial charge >= 0.3 is 0 Å².